The number of hydrogen-bond acceptors (Lipinski definition) is 5. The van der Waals surface area contributed by atoms with Crippen LogP contribution in [-0.2, 0) is 6.18 Å². The van der Waals surface area contributed by atoms with E-state index in [9.17, 15) is 18.0 Å². The first kappa shape index (κ1) is 18.9. The van der Waals surface area contributed by atoms with Crippen LogP contribution in [0.25, 0.3) is 22.2 Å². The van der Waals surface area contributed by atoms with Gasteiger partial charge < -0.3 is 4.98 Å². The van der Waals surface area contributed by atoms with E-state index in [1.165, 1.54) is 0 Å². The fourth-order valence-electron chi connectivity index (χ4n) is 2.75. The first-order chi connectivity index (χ1) is 13.8. The summed E-state index contributed by atoms with van der Waals surface area (Å²) in [6.45, 7) is 0. The Bertz CT molecular complexity index is 1260. The van der Waals surface area contributed by atoms with E-state index in [4.69, 9.17) is 11.6 Å². The molecule has 0 radical (unpaired) electrons. The molecule has 29 heavy (non-hydrogen) atoms. The van der Waals surface area contributed by atoms with Crippen molar-refractivity contribution in [3.63, 3.8) is 0 Å². The minimum absolute atomic E-state index is 0.0267. The predicted octanol–water partition coefficient (Wildman–Crippen LogP) is 4.80. The van der Waals surface area contributed by atoms with Gasteiger partial charge in [-0.2, -0.15) is 18.2 Å². The topological polar surface area (TPSA) is 83.6 Å². The number of hydrogen-bond donors (Lipinski definition) is 2. The van der Waals surface area contributed by atoms with Crippen molar-refractivity contribution >= 4 is 34.4 Å². The Hall–Kier alpha value is -3.46. The number of aromatic amines is 1. The van der Waals surface area contributed by atoms with Gasteiger partial charge in [0.25, 0.3) is 5.56 Å². The molecule has 0 aliphatic rings. The van der Waals surface area contributed by atoms with Crippen LogP contribution in [0.1, 0.15) is 5.69 Å². The van der Waals surface area contributed by atoms with Crippen LogP contribution >= 0.6 is 11.6 Å². The molecule has 4 rings (SSSR count). The normalized spacial score (nSPS) is 11.6. The van der Waals surface area contributed by atoms with E-state index >= 15 is 0 Å². The smallest absolute Gasteiger partial charge is 0.321 e. The highest BCUT2D eigenvalue weighted by atomic mass is 35.5. The summed E-state index contributed by atoms with van der Waals surface area (Å²) in [7, 11) is 0. The third-order valence-electron chi connectivity index (χ3n) is 3.98. The van der Waals surface area contributed by atoms with Gasteiger partial charge in [-0.05, 0) is 18.2 Å². The van der Waals surface area contributed by atoms with Crippen molar-refractivity contribution in [1.82, 2.24) is 19.9 Å². The molecule has 0 fully saturated rings. The van der Waals surface area contributed by atoms with Crippen LogP contribution in [-0.4, -0.2) is 19.9 Å². The van der Waals surface area contributed by atoms with Crippen LogP contribution in [0.15, 0.2) is 59.4 Å². The number of nitrogens with one attached hydrogen (secondary N) is 2. The zero-order valence-electron chi connectivity index (χ0n) is 14.5. The molecule has 2 aromatic heterocycles. The van der Waals surface area contributed by atoms with E-state index in [1.54, 1.807) is 18.2 Å². The molecule has 0 aliphatic heterocycles. The Labute approximate surface area is 166 Å². The molecule has 2 aromatic carbocycles. The number of aromatic nitrogens is 4. The van der Waals surface area contributed by atoms with Crippen molar-refractivity contribution in [1.29, 1.82) is 0 Å². The maximum absolute atomic E-state index is 12.9. The summed E-state index contributed by atoms with van der Waals surface area (Å²) in [5, 5.41) is 3.71. The molecule has 0 saturated carbocycles. The minimum Gasteiger partial charge on any atom is -0.321 e. The molecule has 0 unspecified atom stereocenters. The highest BCUT2D eigenvalue weighted by molar-refractivity contribution is 6.31. The van der Waals surface area contributed by atoms with Crippen molar-refractivity contribution in [2.75, 3.05) is 5.32 Å². The molecule has 0 amide bonds. The molecule has 146 valence electrons. The van der Waals surface area contributed by atoms with Crippen molar-refractivity contribution in [3.8, 4) is 11.3 Å². The van der Waals surface area contributed by atoms with Gasteiger partial charge in [0.2, 0.25) is 11.9 Å². The number of rotatable bonds is 3. The van der Waals surface area contributed by atoms with Crippen LogP contribution in [0.2, 0.25) is 5.02 Å². The fraction of sp³-hybridized carbons (Fsp3) is 0.0526. The summed E-state index contributed by atoms with van der Waals surface area (Å²) >= 11 is 6.10. The molecule has 6 nitrogen and oxygen atoms in total. The summed E-state index contributed by atoms with van der Waals surface area (Å²) in [4.78, 5) is 25.8. The number of alkyl halides is 3. The third kappa shape index (κ3) is 4.04. The second-order valence-corrected chi connectivity index (χ2v) is 6.46. The van der Waals surface area contributed by atoms with Gasteiger partial charge >= 0.3 is 6.18 Å². The largest absolute Gasteiger partial charge is 0.431 e. The zero-order chi connectivity index (χ0) is 20.6. The molecule has 10 heteroatoms. The predicted molar refractivity (Wildman–Crippen MR) is 103 cm³/mol. The standard InChI is InChI=1S/C19H11ClF3N5O/c20-11-6-7-13-12(8-11)16(10-4-2-1-3-5-10)27-17(24-13)28-18-25-14(19(21,22)23)9-15(29)26-18/h1-9H,(H2,24,25,26,27,28,29). The van der Waals surface area contributed by atoms with E-state index in [-0.39, 0.29) is 5.95 Å². The molecule has 0 atom stereocenters. The van der Waals surface area contributed by atoms with Gasteiger partial charge in [0.1, 0.15) is 5.69 Å². The summed E-state index contributed by atoms with van der Waals surface area (Å²) in [5.41, 5.74) is -0.476. The molecule has 2 heterocycles. The highest BCUT2D eigenvalue weighted by Crippen LogP contribution is 2.30. The second-order valence-electron chi connectivity index (χ2n) is 6.03. The first-order valence-corrected chi connectivity index (χ1v) is 8.66. The van der Waals surface area contributed by atoms with Crippen LogP contribution in [0.3, 0.4) is 0 Å². The quantitative estimate of drug-likeness (QED) is 0.500. The van der Waals surface area contributed by atoms with Gasteiger partial charge in [-0.25, -0.2) is 9.97 Å². The van der Waals surface area contributed by atoms with E-state index < -0.39 is 23.4 Å². The van der Waals surface area contributed by atoms with E-state index in [2.05, 4.69) is 20.3 Å². The van der Waals surface area contributed by atoms with Crippen molar-refractivity contribution < 1.29 is 13.2 Å². The lowest BCUT2D eigenvalue weighted by Crippen LogP contribution is -2.18. The summed E-state index contributed by atoms with van der Waals surface area (Å²) in [5.74, 6) is -0.446. The molecule has 0 aliphatic carbocycles. The monoisotopic (exact) mass is 417 g/mol. The average Bonchev–Trinajstić information content (AvgIpc) is 2.67. The Balaban J connectivity index is 1.85. The second kappa shape index (κ2) is 7.17. The maximum Gasteiger partial charge on any atom is 0.431 e. The molecule has 0 saturated heterocycles. The first-order valence-electron chi connectivity index (χ1n) is 8.28. The summed E-state index contributed by atoms with van der Waals surface area (Å²) in [6.07, 6.45) is -4.73. The lowest BCUT2D eigenvalue weighted by Gasteiger charge is -2.12. The Morgan fingerprint density at radius 2 is 1.72 bits per heavy atom. The molecule has 4 aromatic rings. The molecular formula is C19H11ClF3N5O. The number of nitrogens with zero attached hydrogens (tertiary/aromatic N) is 3. The number of anilines is 2. The molecular weight excluding hydrogens is 407 g/mol. The lowest BCUT2D eigenvalue weighted by atomic mass is 10.1. The third-order valence-corrected chi connectivity index (χ3v) is 4.22. The average molecular weight is 418 g/mol. The van der Waals surface area contributed by atoms with Crippen LogP contribution in [0.4, 0.5) is 25.1 Å². The van der Waals surface area contributed by atoms with E-state index in [0.29, 0.717) is 27.7 Å². The fourth-order valence-corrected chi connectivity index (χ4v) is 2.92. The molecule has 0 bridgehead atoms. The van der Waals surface area contributed by atoms with Gasteiger partial charge in [-0.15, -0.1) is 0 Å². The summed E-state index contributed by atoms with van der Waals surface area (Å²) < 4.78 is 38.8. The van der Waals surface area contributed by atoms with E-state index in [1.807, 2.05) is 35.3 Å². The van der Waals surface area contributed by atoms with Gasteiger partial charge in [-0.1, -0.05) is 41.9 Å². The summed E-state index contributed by atoms with van der Waals surface area (Å²) in [6, 6.07) is 14.5. The Morgan fingerprint density at radius 1 is 0.966 bits per heavy atom. The lowest BCUT2D eigenvalue weighted by molar-refractivity contribution is -0.141. The van der Waals surface area contributed by atoms with Crippen LogP contribution < -0.4 is 10.9 Å². The zero-order valence-corrected chi connectivity index (χ0v) is 15.2. The van der Waals surface area contributed by atoms with Crippen molar-refractivity contribution in [2.45, 2.75) is 6.18 Å². The Morgan fingerprint density at radius 3 is 2.45 bits per heavy atom. The van der Waals surface area contributed by atoms with Crippen molar-refractivity contribution in [2.24, 2.45) is 0 Å². The molecule has 0 spiro atoms. The SMILES string of the molecule is O=c1cc(C(F)(F)F)[nH]c(Nc2nc(-c3ccccc3)c3cc(Cl)ccc3n2)n1. The van der Waals surface area contributed by atoms with Crippen LogP contribution in [0.5, 0.6) is 0 Å². The van der Waals surface area contributed by atoms with Gasteiger partial charge in [-0.3, -0.25) is 10.1 Å². The molecule has 2 N–H and O–H groups in total. The maximum atomic E-state index is 12.9. The van der Waals surface area contributed by atoms with E-state index in [0.717, 1.165) is 5.56 Å². The van der Waals surface area contributed by atoms with Crippen LogP contribution in [0, 0.1) is 0 Å². The van der Waals surface area contributed by atoms with Gasteiger partial charge in [0.15, 0.2) is 0 Å². The van der Waals surface area contributed by atoms with Gasteiger partial charge in [0, 0.05) is 22.0 Å². The number of benzene rings is 2. The van der Waals surface area contributed by atoms with Gasteiger partial charge in [0.05, 0.1) is 11.2 Å². The van der Waals surface area contributed by atoms with Crippen molar-refractivity contribution in [3.05, 3.63) is 75.7 Å². The minimum atomic E-state index is -4.73. The number of H-pyrrole nitrogens is 1. The Kier molecular flexibility index (Phi) is 4.67. The number of fused-ring (bicyclic) bond motifs is 1. The highest BCUT2D eigenvalue weighted by Gasteiger charge is 2.32. The number of halogens is 4.